The lowest BCUT2D eigenvalue weighted by molar-refractivity contribution is -0.124. The zero-order valence-electron chi connectivity index (χ0n) is 12.8. The number of hydrogen-bond acceptors (Lipinski definition) is 3. The molecular formula is C14H30N2O2. The maximum Gasteiger partial charge on any atom is 0.234 e. The monoisotopic (exact) mass is 258 g/mol. The van der Waals surface area contributed by atoms with Gasteiger partial charge in [0.05, 0.1) is 6.54 Å². The minimum absolute atomic E-state index is 0.0460. The van der Waals surface area contributed by atoms with Gasteiger partial charge in [-0.15, -0.1) is 0 Å². The zero-order valence-corrected chi connectivity index (χ0v) is 12.8. The van der Waals surface area contributed by atoms with Crippen LogP contribution in [0.15, 0.2) is 0 Å². The van der Waals surface area contributed by atoms with Crippen molar-refractivity contribution in [1.29, 1.82) is 0 Å². The number of carbonyl (C=O) groups is 1. The minimum Gasteiger partial charge on any atom is -0.396 e. The first-order valence-corrected chi connectivity index (χ1v) is 6.68. The van der Waals surface area contributed by atoms with Crippen molar-refractivity contribution < 1.29 is 9.90 Å². The fourth-order valence-corrected chi connectivity index (χ4v) is 1.84. The predicted octanol–water partition coefficient (Wildman–Crippen LogP) is 1.63. The van der Waals surface area contributed by atoms with Crippen molar-refractivity contribution in [3.8, 4) is 0 Å². The molecule has 0 rings (SSSR count). The first-order chi connectivity index (χ1) is 8.03. The Balaban J connectivity index is 4.35. The molecule has 0 heterocycles. The summed E-state index contributed by atoms with van der Waals surface area (Å²) in [6, 6.07) is 0. The SMILES string of the molecule is CC(C)(C)CN(CCCO)CC(=O)NC(C)(C)C. The van der Waals surface area contributed by atoms with Crippen molar-refractivity contribution in [2.45, 2.75) is 53.5 Å². The van der Waals surface area contributed by atoms with Crippen LogP contribution < -0.4 is 5.32 Å². The summed E-state index contributed by atoms with van der Waals surface area (Å²) in [5.74, 6) is 0.0460. The molecule has 0 unspecified atom stereocenters. The molecule has 0 saturated heterocycles. The lowest BCUT2D eigenvalue weighted by Crippen LogP contribution is -2.47. The Hall–Kier alpha value is -0.610. The summed E-state index contributed by atoms with van der Waals surface area (Å²) in [6.45, 7) is 14.6. The highest BCUT2D eigenvalue weighted by molar-refractivity contribution is 5.78. The van der Waals surface area contributed by atoms with Gasteiger partial charge in [-0.05, 0) is 32.6 Å². The van der Waals surface area contributed by atoms with E-state index in [0.717, 1.165) is 13.1 Å². The van der Waals surface area contributed by atoms with Crippen LogP contribution in [-0.4, -0.2) is 47.7 Å². The fourth-order valence-electron chi connectivity index (χ4n) is 1.84. The normalized spacial score (nSPS) is 12.9. The summed E-state index contributed by atoms with van der Waals surface area (Å²) in [5, 5.41) is 11.9. The maximum atomic E-state index is 11.9. The molecule has 0 spiro atoms. The molecule has 0 aliphatic rings. The Morgan fingerprint density at radius 2 is 1.72 bits per heavy atom. The number of amides is 1. The van der Waals surface area contributed by atoms with Crippen LogP contribution in [0.5, 0.6) is 0 Å². The van der Waals surface area contributed by atoms with Gasteiger partial charge in [0.2, 0.25) is 5.91 Å². The number of rotatable bonds is 6. The Kier molecular flexibility index (Phi) is 6.86. The van der Waals surface area contributed by atoms with E-state index >= 15 is 0 Å². The highest BCUT2D eigenvalue weighted by Gasteiger charge is 2.20. The number of aliphatic hydroxyl groups is 1. The van der Waals surface area contributed by atoms with Crippen molar-refractivity contribution in [3.63, 3.8) is 0 Å². The van der Waals surface area contributed by atoms with Gasteiger partial charge in [0.1, 0.15) is 0 Å². The molecule has 4 heteroatoms. The average Bonchev–Trinajstić information content (AvgIpc) is 2.08. The Morgan fingerprint density at radius 1 is 1.17 bits per heavy atom. The number of carbonyl (C=O) groups excluding carboxylic acids is 1. The van der Waals surface area contributed by atoms with Gasteiger partial charge in [0, 0.05) is 25.2 Å². The molecule has 0 aromatic heterocycles. The van der Waals surface area contributed by atoms with Crippen LogP contribution in [-0.2, 0) is 4.79 Å². The van der Waals surface area contributed by atoms with E-state index < -0.39 is 0 Å². The van der Waals surface area contributed by atoms with E-state index in [2.05, 4.69) is 31.0 Å². The summed E-state index contributed by atoms with van der Waals surface area (Å²) in [7, 11) is 0. The van der Waals surface area contributed by atoms with Gasteiger partial charge in [0.25, 0.3) is 0 Å². The van der Waals surface area contributed by atoms with Gasteiger partial charge in [0.15, 0.2) is 0 Å². The highest BCUT2D eigenvalue weighted by Crippen LogP contribution is 2.15. The number of aliphatic hydroxyl groups excluding tert-OH is 1. The minimum atomic E-state index is -0.193. The lowest BCUT2D eigenvalue weighted by Gasteiger charge is -2.30. The zero-order chi connectivity index (χ0) is 14.4. The van der Waals surface area contributed by atoms with Crippen LogP contribution in [0.3, 0.4) is 0 Å². The third kappa shape index (κ3) is 10.5. The topological polar surface area (TPSA) is 52.6 Å². The Morgan fingerprint density at radius 3 is 2.11 bits per heavy atom. The van der Waals surface area contributed by atoms with Gasteiger partial charge in [-0.25, -0.2) is 0 Å². The van der Waals surface area contributed by atoms with Crippen molar-refractivity contribution in [2.75, 3.05) is 26.2 Å². The van der Waals surface area contributed by atoms with Crippen LogP contribution in [0.4, 0.5) is 0 Å². The smallest absolute Gasteiger partial charge is 0.234 e. The average molecular weight is 258 g/mol. The van der Waals surface area contributed by atoms with Gasteiger partial charge in [-0.2, -0.15) is 0 Å². The molecule has 1 amide bonds. The molecule has 0 radical (unpaired) electrons. The van der Waals surface area contributed by atoms with Crippen LogP contribution in [0.2, 0.25) is 0 Å². The third-order valence-corrected chi connectivity index (χ3v) is 2.21. The second-order valence-corrected chi connectivity index (χ2v) is 7.15. The predicted molar refractivity (Wildman–Crippen MR) is 75.5 cm³/mol. The quantitative estimate of drug-likeness (QED) is 0.761. The molecule has 0 fully saturated rings. The van der Waals surface area contributed by atoms with E-state index in [0.29, 0.717) is 13.0 Å². The molecule has 18 heavy (non-hydrogen) atoms. The molecule has 0 aromatic carbocycles. The Bertz CT molecular complexity index is 252. The first-order valence-electron chi connectivity index (χ1n) is 6.68. The molecule has 0 aliphatic heterocycles. The molecule has 0 bridgehead atoms. The van der Waals surface area contributed by atoms with E-state index in [9.17, 15) is 4.79 Å². The van der Waals surface area contributed by atoms with Gasteiger partial charge >= 0.3 is 0 Å². The summed E-state index contributed by atoms with van der Waals surface area (Å²) >= 11 is 0. The first kappa shape index (κ1) is 17.4. The summed E-state index contributed by atoms with van der Waals surface area (Å²) in [4.78, 5) is 14.0. The van der Waals surface area contributed by atoms with Crippen molar-refractivity contribution in [2.24, 2.45) is 5.41 Å². The van der Waals surface area contributed by atoms with Crippen LogP contribution in [0, 0.1) is 5.41 Å². The maximum absolute atomic E-state index is 11.9. The second-order valence-electron chi connectivity index (χ2n) is 7.15. The van der Waals surface area contributed by atoms with Crippen molar-refractivity contribution in [1.82, 2.24) is 10.2 Å². The molecule has 108 valence electrons. The summed E-state index contributed by atoms with van der Waals surface area (Å²) in [6.07, 6.45) is 0.707. The standard InChI is InChI=1S/C14H30N2O2/c1-13(2,3)11-16(8-7-9-17)10-12(18)15-14(4,5)6/h17H,7-11H2,1-6H3,(H,15,18). The van der Waals surface area contributed by atoms with Gasteiger partial charge in [-0.1, -0.05) is 20.8 Å². The van der Waals surface area contributed by atoms with Crippen LogP contribution >= 0.6 is 0 Å². The Labute approximate surface area is 112 Å². The van der Waals surface area contributed by atoms with Crippen molar-refractivity contribution >= 4 is 5.91 Å². The van der Waals surface area contributed by atoms with Crippen LogP contribution in [0.25, 0.3) is 0 Å². The molecular weight excluding hydrogens is 228 g/mol. The van der Waals surface area contributed by atoms with E-state index in [1.807, 2.05) is 20.8 Å². The third-order valence-electron chi connectivity index (χ3n) is 2.21. The number of hydrogen-bond donors (Lipinski definition) is 2. The molecule has 0 atom stereocenters. The summed E-state index contributed by atoms with van der Waals surface area (Å²) < 4.78 is 0. The summed E-state index contributed by atoms with van der Waals surface area (Å²) in [5.41, 5.74) is -0.0427. The van der Waals surface area contributed by atoms with E-state index in [1.165, 1.54) is 0 Å². The number of nitrogens with one attached hydrogen (secondary N) is 1. The number of nitrogens with zero attached hydrogens (tertiary/aromatic N) is 1. The molecule has 0 saturated carbocycles. The van der Waals surface area contributed by atoms with Crippen molar-refractivity contribution in [3.05, 3.63) is 0 Å². The van der Waals surface area contributed by atoms with Crippen LogP contribution in [0.1, 0.15) is 48.0 Å². The van der Waals surface area contributed by atoms with E-state index in [4.69, 9.17) is 5.11 Å². The van der Waals surface area contributed by atoms with E-state index in [1.54, 1.807) is 0 Å². The van der Waals surface area contributed by atoms with Gasteiger partial charge < -0.3 is 10.4 Å². The van der Waals surface area contributed by atoms with Gasteiger partial charge in [-0.3, -0.25) is 9.69 Å². The molecule has 2 N–H and O–H groups in total. The van der Waals surface area contributed by atoms with E-state index in [-0.39, 0.29) is 23.5 Å². The molecule has 0 aliphatic carbocycles. The lowest BCUT2D eigenvalue weighted by atomic mass is 9.96. The molecule has 4 nitrogen and oxygen atoms in total. The highest BCUT2D eigenvalue weighted by atomic mass is 16.3. The fraction of sp³-hybridized carbons (Fsp3) is 0.929. The molecule has 0 aromatic rings. The second kappa shape index (κ2) is 7.10. The largest absolute Gasteiger partial charge is 0.396 e.